The number of ether oxygens (including phenoxy) is 11. The third-order valence-electron chi connectivity index (χ3n) is 19.0. The van der Waals surface area contributed by atoms with Crippen molar-refractivity contribution in [3.05, 3.63) is 53.6 Å². The molecule has 0 aromatic heterocycles. The lowest BCUT2D eigenvalue weighted by molar-refractivity contribution is -0.345. The van der Waals surface area contributed by atoms with Crippen molar-refractivity contribution >= 4 is 17.8 Å². The highest BCUT2D eigenvalue weighted by molar-refractivity contribution is 5.88. The number of aliphatic hydroxyl groups excluding tert-OH is 3. The molecule has 0 radical (unpaired) electrons. The molecule has 75 heavy (non-hydrogen) atoms. The van der Waals surface area contributed by atoms with Gasteiger partial charge in [0.05, 0.1) is 60.4 Å². The van der Waals surface area contributed by atoms with Gasteiger partial charge in [0.25, 0.3) is 0 Å². The summed E-state index contributed by atoms with van der Waals surface area (Å²) in [4.78, 5) is 26.9. The van der Waals surface area contributed by atoms with E-state index in [4.69, 9.17) is 52.1 Å². The third-order valence-corrected chi connectivity index (χ3v) is 19.0. The van der Waals surface area contributed by atoms with E-state index in [1.54, 1.807) is 34.0 Å². The molecule has 9 rings (SSSR count). The van der Waals surface area contributed by atoms with Crippen LogP contribution in [0.2, 0.25) is 0 Å². The summed E-state index contributed by atoms with van der Waals surface area (Å²) in [6, 6.07) is 9.25. The van der Waals surface area contributed by atoms with Gasteiger partial charge < -0.3 is 82.7 Å². The second-order valence-electron chi connectivity index (χ2n) is 23.2. The van der Waals surface area contributed by atoms with E-state index in [2.05, 4.69) is 6.92 Å². The first-order valence-electron chi connectivity index (χ1n) is 27.1. The molecule has 4 saturated heterocycles. The van der Waals surface area contributed by atoms with E-state index in [-0.39, 0.29) is 51.0 Å². The Balaban J connectivity index is 0.795. The van der Waals surface area contributed by atoms with Gasteiger partial charge in [0.15, 0.2) is 30.9 Å². The number of rotatable bonds is 14. The minimum atomic E-state index is -2.06. The molecule has 24 atom stereocenters. The fourth-order valence-electron chi connectivity index (χ4n) is 14.6. The van der Waals surface area contributed by atoms with Gasteiger partial charge in [0.1, 0.15) is 47.3 Å². The van der Waals surface area contributed by atoms with Gasteiger partial charge in [-0.05, 0) is 104 Å². The van der Waals surface area contributed by atoms with Gasteiger partial charge in [-0.15, -0.1) is 0 Å². The highest BCUT2D eigenvalue weighted by Gasteiger charge is 2.81. The maximum atomic E-state index is 13.6. The third kappa shape index (κ3) is 10.3. The molecule has 0 unspecified atom stereocenters. The van der Waals surface area contributed by atoms with E-state index >= 15 is 0 Å². The summed E-state index contributed by atoms with van der Waals surface area (Å²) in [6.45, 7) is 12.1. The van der Waals surface area contributed by atoms with Crippen LogP contribution in [0.4, 0.5) is 0 Å². The number of hydrogen-bond acceptors (Lipinski definition) is 19. The summed E-state index contributed by atoms with van der Waals surface area (Å²) >= 11 is 0. The Labute approximate surface area is 440 Å². The molecule has 7 fully saturated rings. The molecule has 1 aromatic rings. The number of carbonyl (C=O) groups is 2. The Morgan fingerprint density at radius 3 is 1.81 bits per heavy atom. The maximum absolute atomic E-state index is 13.6. The lowest BCUT2D eigenvalue weighted by Gasteiger charge is -2.67. The van der Waals surface area contributed by atoms with Gasteiger partial charge in [-0.1, -0.05) is 48.9 Å². The van der Waals surface area contributed by atoms with Crippen LogP contribution in [0, 0.1) is 16.7 Å². The Morgan fingerprint density at radius 1 is 0.680 bits per heavy atom. The van der Waals surface area contributed by atoms with Crippen LogP contribution in [0.3, 0.4) is 0 Å². The number of ketones is 1. The van der Waals surface area contributed by atoms with Gasteiger partial charge >= 0.3 is 5.97 Å². The smallest absolute Gasteiger partial charge is 0.331 e. The van der Waals surface area contributed by atoms with Gasteiger partial charge in [0, 0.05) is 51.9 Å². The van der Waals surface area contributed by atoms with Crippen LogP contribution < -0.4 is 0 Å². The maximum Gasteiger partial charge on any atom is 0.331 e. The first-order chi connectivity index (χ1) is 35.5. The fraction of sp³-hybridized carbons (Fsp3) is 0.786. The number of esters is 1. The molecule has 0 amide bonds. The molecule has 19 nitrogen and oxygen atoms in total. The predicted octanol–water partition coefficient (Wildman–Crippen LogP) is 3.93. The van der Waals surface area contributed by atoms with Crippen LogP contribution in [0.1, 0.15) is 125 Å². The quantitative estimate of drug-likeness (QED) is 0.0877. The van der Waals surface area contributed by atoms with Crippen LogP contribution in [0.5, 0.6) is 0 Å². The molecular weight excluding hydrogens is 977 g/mol. The number of carbonyl (C=O) groups excluding carboxylic acids is 2. The highest BCUT2D eigenvalue weighted by atomic mass is 16.8. The lowest BCUT2D eigenvalue weighted by Crippen LogP contribution is -2.78. The van der Waals surface area contributed by atoms with E-state index in [1.165, 1.54) is 20.1 Å². The minimum Gasteiger partial charge on any atom is -0.458 e. The molecule has 4 aliphatic carbocycles. The molecular formula is C56H82O19. The molecule has 420 valence electrons. The number of hydrogen-bond donors (Lipinski definition) is 6. The number of aliphatic hydroxyl groups is 6. The van der Waals surface area contributed by atoms with Crippen molar-refractivity contribution in [3.63, 3.8) is 0 Å². The van der Waals surface area contributed by atoms with Crippen LogP contribution in [0.15, 0.2) is 48.1 Å². The van der Waals surface area contributed by atoms with E-state index in [0.717, 1.165) is 11.1 Å². The van der Waals surface area contributed by atoms with Crippen molar-refractivity contribution in [2.75, 3.05) is 14.2 Å². The zero-order valence-electron chi connectivity index (χ0n) is 44.9. The van der Waals surface area contributed by atoms with E-state index in [0.29, 0.717) is 25.7 Å². The molecule has 0 spiro atoms. The fourth-order valence-corrected chi connectivity index (χ4v) is 14.6. The molecule has 4 heterocycles. The molecule has 1 aromatic carbocycles. The highest BCUT2D eigenvalue weighted by Crippen LogP contribution is 2.71. The standard InChI is InChI=1S/C56H82O19/c1-29-48(61)39(65-8)26-46(67-29)73-50-31(3)69-45(25-38(50)59)75-51-32(4)70-47(27-40(51)66-9)74-49-30(2)68-44(24-37(49)58)71-36-18-19-52(6)35(23-36)17-20-55(63)41(52)28-42(72-43(60)16-15-34-13-11-10-12-14-34)53(7)54(62,33(5)57)21-22-56(53,55)64/h10-17,29-32,36-42,44-51,58-59,61-64H,18-28H2,1-9H3/b16-15+/t29-,30-,31-,32-,36+,37+,38-,39-,40-,41-,42-,44+,45+,46+,47+,48-,49-,50-,51-,52+,53-,54-,55+,56-/m1/s1. The van der Waals surface area contributed by atoms with Crippen molar-refractivity contribution in [2.24, 2.45) is 16.7 Å². The summed E-state index contributed by atoms with van der Waals surface area (Å²) < 4.78 is 68.0. The van der Waals surface area contributed by atoms with E-state index in [9.17, 15) is 40.2 Å². The summed E-state index contributed by atoms with van der Waals surface area (Å²) in [7, 11) is 3.10. The van der Waals surface area contributed by atoms with Gasteiger partial charge in [-0.2, -0.15) is 0 Å². The van der Waals surface area contributed by atoms with Crippen molar-refractivity contribution in [3.8, 4) is 0 Å². The van der Waals surface area contributed by atoms with E-state index < -0.39 is 150 Å². The van der Waals surface area contributed by atoms with Crippen molar-refractivity contribution in [1.29, 1.82) is 0 Å². The summed E-state index contributed by atoms with van der Waals surface area (Å²) in [5.74, 6) is -1.85. The Kier molecular flexibility index (Phi) is 16.7. The van der Waals surface area contributed by atoms with Gasteiger partial charge in [-0.3, -0.25) is 4.79 Å². The molecule has 0 bridgehead atoms. The van der Waals surface area contributed by atoms with Crippen molar-refractivity contribution in [2.45, 2.75) is 247 Å². The van der Waals surface area contributed by atoms with Gasteiger partial charge in [0.2, 0.25) is 0 Å². The van der Waals surface area contributed by atoms with Crippen molar-refractivity contribution < 1.29 is 92.3 Å². The first kappa shape index (κ1) is 56.9. The van der Waals surface area contributed by atoms with Crippen LogP contribution >= 0.6 is 0 Å². The summed E-state index contributed by atoms with van der Waals surface area (Å²) in [5.41, 5.74) is -6.38. The molecule has 3 saturated carbocycles. The summed E-state index contributed by atoms with van der Waals surface area (Å²) in [5, 5.41) is 71.2. The number of Topliss-reactive ketones (excluding diaryl/α,β-unsaturated/α-hetero) is 1. The number of methoxy groups -OCH3 is 2. The average molecular weight is 1060 g/mol. The zero-order valence-corrected chi connectivity index (χ0v) is 44.9. The number of benzene rings is 1. The van der Waals surface area contributed by atoms with Crippen molar-refractivity contribution in [1.82, 2.24) is 0 Å². The second-order valence-corrected chi connectivity index (χ2v) is 23.2. The Bertz CT molecular complexity index is 2210. The predicted molar refractivity (Wildman–Crippen MR) is 266 cm³/mol. The Hall–Kier alpha value is -2.80. The minimum absolute atomic E-state index is 0.0593. The molecule has 4 aliphatic heterocycles. The second kappa shape index (κ2) is 22.0. The lowest BCUT2D eigenvalue weighted by atomic mass is 9.42. The monoisotopic (exact) mass is 1060 g/mol. The normalized spacial score (nSPS) is 49.1. The number of fused-ring (bicyclic) bond motifs is 5. The van der Waals surface area contributed by atoms with E-state index in [1.807, 2.05) is 50.3 Å². The summed E-state index contributed by atoms with van der Waals surface area (Å²) in [6.07, 6.45) is -5.02. The van der Waals surface area contributed by atoms with Crippen LogP contribution in [-0.2, 0) is 61.7 Å². The largest absolute Gasteiger partial charge is 0.458 e. The zero-order chi connectivity index (χ0) is 54.0. The van der Waals surface area contributed by atoms with Crippen LogP contribution in [-0.4, -0.2) is 184 Å². The van der Waals surface area contributed by atoms with Gasteiger partial charge in [-0.25, -0.2) is 4.79 Å². The molecule has 8 aliphatic rings. The first-order valence-corrected chi connectivity index (χ1v) is 27.1. The SMILES string of the molecule is CO[C@@H]1C[C@H](O[C@H]2[C@H](O)C[C@H](O[C@@H]3[C@@H](C)O[C@@H](O[C@H]4[C@@H](O)C[C@H](O[C@H]5CC[C@@]6(C)C(=CC[C@]7(O)[C@@H]6C[C@@H](OC(=O)/C=C/c6ccccc6)[C@@]6(C)[C@]7(O)CC[C@@]6(O)C(C)=O)C5)O[C@@H]4C)C[C@H]3OC)O[C@@H]2C)O[C@H](C)[C@H]1O. The van der Waals surface area contributed by atoms with Crippen LogP contribution in [0.25, 0.3) is 6.08 Å². The topological polar surface area (TPSA) is 257 Å². The molecule has 19 heteroatoms. The Morgan fingerprint density at radius 2 is 1.23 bits per heavy atom. The molecule has 6 N–H and O–H groups in total. The average Bonchev–Trinajstić information content (AvgIpc) is 3.61.